The van der Waals surface area contributed by atoms with Crippen molar-refractivity contribution in [3.8, 4) is 0 Å². The summed E-state index contributed by atoms with van der Waals surface area (Å²) in [5, 5.41) is 6.02. The van der Waals surface area contributed by atoms with E-state index in [0.29, 0.717) is 0 Å². The Morgan fingerprint density at radius 3 is 2.58 bits per heavy atom. The van der Waals surface area contributed by atoms with Crippen LogP contribution in [0.3, 0.4) is 0 Å². The molecule has 0 aliphatic carbocycles. The molecule has 0 saturated carbocycles. The minimum absolute atomic E-state index is 0.100. The molecule has 1 amide bonds. The zero-order chi connectivity index (χ0) is 17.2. The van der Waals surface area contributed by atoms with Crippen LogP contribution in [0.2, 0.25) is 0 Å². The average molecular weight is 335 g/mol. The number of amides is 1. The van der Waals surface area contributed by atoms with E-state index in [1.807, 2.05) is 30.3 Å². The van der Waals surface area contributed by atoms with E-state index in [4.69, 9.17) is 4.84 Å². The molecule has 2 heterocycles. The quantitative estimate of drug-likeness (QED) is 0.933. The minimum atomic E-state index is -4.58. The molecule has 1 aliphatic heterocycles. The van der Waals surface area contributed by atoms with Gasteiger partial charge in [0, 0.05) is 6.42 Å². The highest BCUT2D eigenvalue weighted by molar-refractivity contribution is 6.43. The number of hydrogen-bond donors (Lipinski definition) is 1. The summed E-state index contributed by atoms with van der Waals surface area (Å²) in [6.07, 6.45) is -4.73. The number of carbonyl (C=O) groups is 1. The minimum Gasteiger partial charge on any atom is -0.387 e. The fraction of sp³-hybridized carbons (Fsp3) is 0.188. The first-order valence-corrected chi connectivity index (χ1v) is 7.07. The van der Waals surface area contributed by atoms with E-state index < -0.39 is 17.8 Å². The standard InChI is InChI=1S/C16H12F3N3O2/c17-16(18,19)13-7-4-8-14(20-13)21-15(23)11-9-12(24-22-11)10-5-2-1-3-6-10/h1-8,12H,9H2,(H,20,21,23)/t12-/m0/s1. The highest BCUT2D eigenvalue weighted by Crippen LogP contribution is 2.29. The molecule has 8 heteroatoms. The molecule has 0 bridgehead atoms. The number of pyridine rings is 1. The first-order valence-electron chi connectivity index (χ1n) is 7.07. The lowest BCUT2D eigenvalue weighted by Gasteiger charge is -2.09. The second kappa shape index (κ2) is 6.31. The summed E-state index contributed by atoms with van der Waals surface area (Å²) < 4.78 is 37.9. The fourth-order valence-corrected chi connectivity index (χ4v) is 2.21. The van der Waals surface area contributed by atoms with Crippen molar-refractivity contribution in [2.45, 2.75) is 18.7 Å². The molecule has 3 rings (SSSR count). The molecule has 0 unspecified atom stereocenters. The van der Waals surface area contributed by atoms with Crippen LogP contribution in [-0.2, 0) is 15.8 Å². The Morgan fingerprint density at radius 1 is 1.12 bits per heavy atom. The summed E-state index contributed by atoms with van der Waals surface area (Å²) in [6.45, 7) is 0. The third-order valence-electron chi connectivity index (χ3n) is 3.38. The maximum absolute atomic E-state index is 12.6. The molecule has 2 aromatic rings. The summed E-state index contributed by atoms with van der Waals surface area (Å²) in [5.74, 6) is -0.832. The first-order chi connectivity index (χ1) is 11.4. The third kappa shape index (κ3) is 3.53. The van der Waals surface area contributed by atoms with Crippen molar-refractivity contribution in [3.05, 3.63) is 59.8 Å². The second-order valence-electron chi connectivity index (χ2n) is 5.11. The van der Waals surface area contributed by atoms with Gasteiger partial charge in [-0.3, -0.25) is 4.79 Å². The number of alkyl halides is 3. The van der Waals surface area contributed by atoms with Gasteiger partial charge in [0.1, 0.15) is 17.2 Å². The second-order valence-corrected chi connectivity index (χ2v) is 5.11. The predicted molar refractivity (Wildman–Crippen MR) is 80.2 cm³/mol. The maximum Gasteiger partial charge on any atom is 0.433 e. The molecule has 1 atom stereocenters. The summed E-state index contributed by atoms with van der Waals surface area (Å²) in [7, 11) is 0. The number of carbonyl (C=O) groups excluding carboxylic acids is 1. The van der Waals surface area contributed by atoms with Crippen molar-refractivity contribution in [1.29, 1.82) is 0 Å². The lowest BCUT2D eigenvalue weighted by atomic mass is 10.0. The normalized spacial score (nSPS) is 17.1. The van der Waals surface area contributed by atoms with E-state index in [0.717, 1.165) is 11.6 Å². The van der Waals surface area contributed by atoms with Crippen molar-refractivity contribution in [3.63, 3.8) is 0 Å². The number of benzene rings is 1. The van der Waals surface area contributed by atoms with Crippen LogP contribution in [0.4, 0.5) is 19.0 Å². The lowest BCUT2D eigenvalue weighted by Crippen LogP contribution is -2.23. The zero-order valence-electron chi connectivity index (χ0n) is 12.2. The van der Waals surface area contributed by atoms with Gasteiger partial charge in [-0.15, -0.1) is 0 Å². The Labute approximate surface area is 135 Å². The number of oxime groups is 1. The van der Waals surface area contributed by atoms with Gasteiger partial charge in [-0.25, -0.2) is 4.98 Å². The van der Waals surface area contributed by atoms with E-state index in [2.05, 4.69) is 15.5 Å². The molecule has 0 spiro atoms. The zero-order valence-corrected chi connectivity index (χ0v) is 12.2. The summed E-state index contributed by atoms with van der Waals surface area (Å²) in [6, 6.07) is 12.5. The van der Waals surface area contributed by atoms with Crippen LogP contribution in [0.5, 0.6) is 0 Å². The van der Waals surface area contributed by atoms with Gasteiger partial charge >= 0.3 is 6.18 Å². The highest BCUT2D eigenvalue weighted by atomic mass is 19.4. The molecule has 124 valence electrons. The topological polar surface area (TPSA) is 63.6 Å². The van der Waals surface area contributed by atoms with E-state index in [-0.39, 0.29) is 24.1 Å². The van der Waals surface area contributed by atoms with Gasteiger partial charge in [-0.05, 0) is 17.7 Å². The number of rotatable bonds is 3. The van der Waals surface area contributed by atoms with Crippen LogP contribution in [0.1, 0.15) is 23.8 Å². The van der Waals surface area contributed by atoms with E-state index in [1.54, 1.807) is 0 Å². The fourth-order valence-electron chi connectivity index (χ4n) is 2.21. The van der Waals surface area contributed by atoms with Crippen molar-refractivity contribution in [2.24, 2.45) is 5.16 Å². The first kappa shape index (κ1) is 16.0. The third-order valence-corrected chi connectivity index (χ3v) is 3.38. The molecular formula is C16H12F3N3O2. The molecule has 0 radical (unpaired) electrons. The van der Waals surface area contributed by atoms with Gasteiger partial charge in [0.05, 0.1) is 0 Å². The smallest absolute Gasteiger partial charge is 0.387 e. The highest BCUT2D eigenvalue weighted by Gasteiger charge is 2.33. The number of nitrogens with one attached hydrogen (secondary N) is 1. The van der Waals surface area contributed by atoms with Crippen LogP contribution in [-0.4, -0.2) is 16.6 Å². The van der Waals surface area contributed by atoms with Crippen LogP contribution < -0.4 is 5.32 Å². The lowest BCUT2D eigenvalue weighted by molar-refractivity contribution is -0.141. The number of hydrogen-bond acceptors (Lipinski definition) is 4. The SMILES string of the molecule is O=C(Nc1cccc(C(F)(F)F)n1)C1=NO[C@H](c2ccccc2)C1. The Kier molecular flexibility index (Phi) is 4.20. The van der Waals surface area contributed by atoms with E-state index >= 15 is 0 Å². The number of aromatic nitrogens is 1. The Bertz CT molecular complexity index is 776. The molecule has 5 nitrogen and oxygen atoms in total. The Balaban J connectivity index is 1.66. The molecule has 1 aromatic heterocycles. The largest absolute Gasteiger partial charge is 0.433 e. The molecular weight excluding hydrogens is 323 g/mol. The van der Waals surface area contributed by atoms with E-state index in [1.165, 1.54) is 12.1 Å². The maximum atomic E-state index is 12.6. The van der Waals surface area contributed by atoms with Crippen LogP contribution in [0.25, 0.3) is 0 Å². The van der Waals surface area contributed by atoms with Crippen LogP contribution in [0.15, 0.2) is 53.7 Å². The van der Waals surface area contributed by atoms with Crippen molar-refractivity contribution in [1.82, 2.24) is 4.98 Å². The van der Waals surface area contributed by atoms with E-state index in [9.17, 15) is 18.0 Å². The number of halogens is 3. The number of nitrogens with zero attached hydrogens (tertiary/aromatic N) is 2. The van der Waals surface area contributed by atoms with Crippen LogP contribution in [0, 0.1) is 0 Å². The van der Waals surface area contributed by atoms with Gasteiger partial charge in [-0.2, -0.15) is 13.2 Å². The van der Waals surface area contributed by atoms with Crippen LogP contribution >= 0.6 is 0 Å². The number of anilines is 1. The Hall–Kier alpha value is -2.90. The van der Waals surface area contributed by atoms with Crippen molar-refractivity contribution >= 4 is 17.4 Å². The van der Waals surface area contributed by atoms with Gasteiger partial charge < -0.3 is 10.2 Å². The van der Waals surface area contributed by atoms with Crippen molar-refractivity contribution < 1.29 is 22.8 Å². The molecule has 24 heavy (non-hydrogen) atoms. The van der Waals surface area contributed by atoms with Gasteiger partial charge in [0.15, 0.2) is 6.10 Å². The van der Waals surface area contributed by atoms with Gasteiger partial charge in [0.25, 0.3) is 5.91 Å². The van der Waals surface area contributed by atoms with Gasteiger partial charge in [0.2, 0.25) is 0 Å². The monoisotopic (exact) mass is 335 g/mol. The molecule has 0 saturated heterocycles. The predicted octanol–water partition coefficient (Wildman–Crippen LogP) is 3.56. The van der Waals surface area contributed by atoms with Gasteiger partial charge in [-0.1, -0.05) is 41.6 Å². The summed E-state index contributed by atoms with van der Waals surface area (Å²) >= 11 is 0. The molecule has 1 N–H and O–H groups in total. The summed E-state index contributed by atoms with van der Waals surface area (Å²) in [4.78, 5) is 20.7. The van der Waals surface area contributed by atoms with Crippen molar-refractivity contribution in [2.75, 3.05) is 5.32 Å². The molecule has 1 aromatic carbocycles. The Morgan fingerprint density at radius 2 is 1.88 bits per heavy atom. The summed E-state index contributed by atoms with van der Waals surface area (Å²) in [5.41, 5.74) is -0.114. The average Bonchev–Trinajstić information content (AvgIpc) is 3.05. The molecule has 0 fully saturated rings. The molecule has 1 aliphatic rings.